The Kier molecular flexibility index (Phi) is 4.44. The van der Waals surface area contributed by atoms with Gasteiger partial charge in [0.2, 0.25) is 0 Å². The van der Waals surface area contributed by atoms with Gasteiger partial charge in [-0.05, 0) is 50.6 Å². The van der Waals surface area contributed by atoms with Crippen molar-refractivity contribution in [1.29, 1.82) is 0 Å². The summed E-state index contributed by atoms with van der Waals surface area (Å²) in [5.74, 6) is 0.298. The van der Waals surface area contributed by atoms with Gasteiger partial charge in [0.15, 0.2) is 0 Å². The van der Waals surface area contributed by atoms with Gasteiger partial charge in [0.25, 0.3) is 5.91 Å². The van der Waals surface area contributed by atoms with Gasteiger partial charge >= 0.3 is 0 Å². The summed E-state index contributed by atoms with van der Waals surface area (Å²) in [5.41, 5.74) is 4.12. The van der Waals surface area contributed by atoms with E-state index in [9.17, 15) is 4.79 Å². The van der Waals surface area contributed by atoms with E-state index in [1.165, 1.54) is 18.5 Å². The van der Waals surface area contributed by atoms with E-state index in [0.29, 0.717) is 22.9 Å². The third-order valence-electron chi connectivity index (χ3n) is 5.60. The molecule has 7 nitrogen and oxygen atoms in total. The molecule has 3 aromatic heterocycles. The number of hydrogen-bond acceptors (Lipinski definition) is 5. The number of aromatic amines is 1. The minimum absolute atomic E-state index is 0.220. The van der Waals surface area contributed by atoms with Crippen LogP contribution in [-0.4, -0.2) is 43.3 Å². The van der Waals surface area contributed by atoms with Crippen molar-refractivity contribution in [2.24, 2.45) is 0 Å². The molecule has 1 amide bonds. The summed E-state index contributed by atoms with van der Waals surface area (Å²) in [6, 6.07) is 9.92. The number of aromatic nitrogens is 4. The molecule has 29 heavy (non-hydrogen) atoms. The molecule has 4 aromatic rings. The predicted molar refractivity (Wildman–Crippen MR) is 113 cm³/mol. The number of likely N-dealkylation sites (tertiary alicyclic amines) is 1. The maximum atomic E-state index is 12.6. The van der Waals surface area contributed by atoms with Gasteiger partial charge in [-0.1, -0.05) is 0 Å². The molecule has 1 fully saturated rings. The molecule has 1 aromatic carbocycles. The minimum atomic E-state index is -0.220. The SMILES string of the molecule is C[C@H]1CCCN1Cc1cc2cnc(NC(=O)c3ccc4nccnc4c3)cc2[nH]1. The summed E-state index contributed by atoms with van der Waals surface area (Å²) < 4.78 is 0. The van der Waals surface area contributed by atoms with Crippen LogP contribution in [0.1, 0.15) is 35.8 Å². The molecule has 1 aliphatic rings. The number of nitrogens with zero attached hydrogens (tertiary/aromatic N) is 4. The second-order valence-corrected chi connectivity index (χ2v) is 7.63. The highest BCUT2D eigenvalue weighted by Gasteiger charge is 2.20. The van der Waals surface area contributed by atoms with Crippen LogP contribution in [0.15, 0.2) is 48.9 Å². The molecular formula is C22H22N6O. The highest BCUT2D eigenvalue weighted by atomic mass is 16.1. The molecule has 0 bridgehead atoms. The third kappa shape index (κ3) is 3.56. The number of benzene rings is 1. The first-order chi connectivity index (χ1) is 14.2. The van der Waals surface area contributed by atoms with E-state index >= 15 is 0 Å². The van der Waals surface area contributed by atoms with E-state index in [4.69, 9.17) is 0 Å². The Labute approximate surface area is 168 Å². The van der Waals surface area contributed by atoms with Crippen molar-refractivity contribution >= 4 is 33.7 Å². The molecular weight excluding hydrogens is 364 g/mol. The molecule has 7 heteroatoms. The molecule has 1 aliphatic heterocycles. The Morgan fingerprint density at radius 2 is 2.03 bits per heavy atom. The maximum absolute atomic E-state index is 12.6. The van der Waals surface area contributed by atoms with Crippen molar-refractivity contribution in [2.45, 2.75) is 32.4 Å². The fourth-order valence-corrected chi connectivity index (χ4v) is 3.98. The Bertz CT molecular complexity index is 1200. The number of nitrogens with one attached hydrogen (secondary N) is 2. The fraction of sp³-hybridized carbons (Fsp3) is 0.273. The van der Waals surface area contributed by atoms with Gasteiger partial charge in [-0.25, -0.2) is 4.98 Å². The molecule has 4 heterocycles. The first kappa shape index (κ1) is 17.8. The first-order valence-corrected chi connectivity index (χ1v) is 9.89. The van der Waals surface area contributed by atoms with Crippen LogP contribution < -0.4 is 5.32 Å². The molecule has 1 saturated heterocycles. The van der Waals surface area contributed by atoms with Gasteiger partial charge in [-0.2, -0.15) is 0 Å². The number of carbonyl (C=O) groups excluding carboxylic acids is 1. The Balaban J connectivity index is 1.34. The smallest absolute Gasteiger partial charge is 0.256 e. The number of H-pyrrole nitrogens is 1. The fourth-order valence-electron chi connectivity index (χ4n) is 3.98. The van der Waals surface area contributed by atoms with E-state index in [1.54, 1.807) is 36.8 Å². The normalized spacial score (nSPS) is 17.2. The van der Waals surface area contributed by atoms with Crippen molar-refractivity contribution in [3.05, 3.63) is 60.2 Å². The average molecular weight is 386 g/mol. The lowest BCUT2D eigenvalue weighted by Crippen LogP contribution is -2.26. The second-order valence-electron chi connectivity index (χ2n) is 7.63. The van der Waals surface area contributed by atoms with E-state index in [-0.39, 0.29) is 5.91 Å². The largest absolute Gasteiger partial charge is 0.357 e. The summed E-state index contributed by atoms with van der Waals surface area (Å²) in [6.07, 6.45) is 7.57. The number of rotatable bonds is 4. The van der Waals surface area contributed by atoms with Crippen molar-refractivity contribution in [2.75, 3.05) is 11.9 Å². The van der Waals surface area contributed by atoms with Crippen LogP contribution in [0, 0.1) is 0 Å². The van der Waals surface area contributed by atoms with Crippen LogP contribution in [0.2, 0.25) is 0 Å². The molecule has 5 rings (SSSR count). The molecule has 0 unspecified atom stereocenters. The highest BCUT2D eigenvalue weighted by Crippen LogP contribution is 2.23. The van der Waals surface area contributed by atoms with Crippen LogP contribution in [0.3, 0.4) is 0 Å². The lowest BCUT2D eigenvalue weighted by atomic mass is 10.2. The summed E-state index contributed by atoms with van der Waals surface area (Å²) >= 11 is 0. The number of fused-ring (bicyclic) bond motifs is 2. The zero-order valence-corrected chi connectivity index (χ0v) is 16.2. The molecule has 0 radical (unpaired) electrons. The molecule has 0 saturated carbocycles. The zero-order valence-electron chi connectivity index (χ0n) is 16.2. The lowest BCUT2D eigenvalue weighted by molar-refractivity contribution is 0.102. The molecule has 0 aliphatic carbocycles. The van der Waals surface area contributed by atoms with Crippen molar-refractivity contribution in [3.63, 3.8) is 0 Å². The Morgan fingerprint density at radius 1 is 1.17 bits per heavy atom. The number of pyridine rings is 1. The van der Waals surface area contributed by atoms with Crippen LogP contribution in [0.4, 0.5) is 5.82 Å². The first-order valence-electron chi connectivity index (χ1n) is 9.89. The number of carbonyl (C=O) groups is 1. The zero-order chi connectivity index (χ0) is 19.8. The van der Waals surface area contributed by atoms with Crippen molar-refractivity contribution in [1.82, 2.24) is 24.8 Å². The highest BCUT2D eigenvalue weighted by molar-refractivity contribution is 6.05. The quantitative estimate of drug-likeness (QED) is 0.558. The van der Waals surface area contributed by atoms with Gasteiger partial charge < -0.3 is 10.3 Å². The van der Waals surface area contributed by atoms with E-state index in [1.807, 2.05) is 6.07 Å². The van der Waals surface area contributed by atoms with Gasteiger partial charge in [-0.3, -0.25) is 19.7 Å². The van der Waals surface area contributed by atoms with Gasteiger partial charge in [0, 0.05) is 53.9 Å². The van der Waals surface area contributed by atoms with Crippen LogP contribution in [0.25, 0.3) is 21.9 Å². The van der Waals surface area contributed by atoms with Crippen LogP contribution in [0.5, 0.6) is 0 Å². The topological polar surface area (TPSA) is 86.8 Å². The van der Waals surface area contributed by atoms with Crippen molar-refractivity contribution in [3.8, 4) is 0 Å². The van der Waals surface area contributed by atoms with Gasteiger partial charge in [0.05, 0.1) is 16.6 Å². The molecule has 2 N–H and O–H groups in total. The summed E-state index contributed by atoms with van der Waals surface area (Å²) in [7, 11) is 0. The summed E-state index contributed by atoms with van der Waals surface area (Å²) in [5, 5.41) is 3.92. The van der Waals surface area contributed by atoms with Crippen LogP contribution >= 0.6 is 0 Å². The second kappa shape index (κ2) is 7.25. The maximum Gasteiger partial charge on any atom is 0.256 e. The van der Waals surface area contributed by atoms with E-state index in [0.717, 1.165) is 29.5 Å². The number of amides is 1. The monoisotopic (exact) mass is 386 g/mol. The molecule has 146 valence electrons. The van der Waals surface area contributed by atoms with Gasteiger partial charge in [-0.15, -0.1) is 0 Å². The standard InChI is InChI=1S/C22H22N6O/c1-14-3-2-8-28(14)13-17-9-16-12-25-21(11-19(16)26-17)27-22(29)15-4-5-18-20(10-15)24-7-6-23-18/h4-7,9-12,14,26H,2-3,8,13H2,1H3,(H,25,27,29)/t14-/m0/s1. The average Bonchev–Trinajstić information content (AvgIpc) is 3.33. The number of anilines is 1. The van der Waals surface area contributed by atoms with E-state index < -0.39 is 0 Å². The Morgan fingerprint density at radius 3 is 2.86 bits per heavy atom. The van der Waals surface area contributed by atoms with Crippen LogP contribution in [-0.2, 0) is 6.54 Å². The summed E-state index contributed by atoms with van der Waals surface area (Å²) in [6.45, 7) is 4.34. The molecule has 1 atom stereocenters. The third-order valence-corrected chi connectivity index (χ3v) is 5.60. The molecule has 0 spiro atoms. The van der Waals surface area contributed by atoms with E-state index in [2.05, 4.69) is 43.1 Å². The van der Waals surface area contributed by atoms with Gasteiger partial charge in [0.1, 0.15) is 5.82 Å². The predicted octanol–water partition coefficient (Wildman–Crippen LogP) is 3.74. The Hall–Kier alpha value is -3.32. The number of hydrogen-bond donors (Lipinski definition) is 2. The van der Waals surface area contributed by atoms with Crippen molar-refractivity contribution < 1.29 is 4.79 Å². The lowest BCUT2D eigenvalue weighted by Gasteiger charge is -2.19. The summed E-state index contributed by atoms with van der Waals surface area (Å²) in [4.78, 5) is 31.5. The minimum Gasteiger partial charge on any atom is -0.357 e.